The maximum atomic E-state index is 11.7. The molecule has 3 heteroatoms. The van der Waals surface area contributed by atoms with Crippen LogP contribution in [0, 0.1) is 0 Å². The van der Waals surface area contributed by atoms with Gasteiger partial charge >= 0.3 is 5.97 Å². The summed E-state index contributed by atoms with van der Waals surface area (Å²) in [4.78, 5) is 12.8. The van der Waals surface area contributed by atoms with Crippen LogP contribution >= 0.6 is 11.3 Å². The first kappa shape index (κ1) is 11.2. The fourth-order valence-corrected chi connectivity index (χ4v) is 3.07. The number of esters is 1. The van der Waals surface area contributed by atoms with Crippen LogP contribution in [0.15, 0.2) is 60.0 Å². The first-order chi connectivity index (χ1) is 8.77. The van der Waals surface area contributed by atoms with Gasteiger partial charge in [-0.1, -0.05) is 43.0 Å². The lowest BCUT2D eigenvalue weighted by molar-refractivity contribution is -0.139. The molecule has 2 heterocycles. The number of hydrogen-bond acceptors (Lipinski definition) is 3. The molecule has 0 unspecified atom stereocenters. The van der Waals surface area contributed by atoms with E-state index in [2.05, 4.69) is 6.58 Å². The molecule has 3 rings (SSSR count). The van der Waals surface area contributed by atoms with E-state index >= 15 is 0 Å². The average Bonchev–Trinajstić information content (AvgIpc) is 3.00. The predicted molar refractivity (Wildman–Crippen MR) is 71.5 cm³/mol. The fraction of sp³-hybridized carbons (Fsp3) is 0.133. The van der Waals surface area contributed by atoms with Crippen molar-refractivity contribution in [1.82, 2.24) is 0 Å². The summed E-state index contributed by atoms with van der Waals surface area (Å²) in [6, 6.07) is 13.9. The van der Waals surface area contributed by atoms with Crippen LogP contribution in [0.3, 0.4) is 0 Å². The van der Waals surface area contributed by atoms with Gasteiger partial charge in [0.05, 0.1) is 5.92 Å². The molecule has 0 spiro atoms. The van der Waals surface area contributed by atoms with E-state index in [1.54, 1.807) is 11.3 Å². The molecule has 1 aliphatic heterocycles. The van der Waals surface area contributed by atoms with Crippen molar-refractivity contribution in [3.05, 3.63) is 70.4 Å². The summed E-state index contributed by atoms with van der Waals surface area (Å²) in [7, 11) is 0. The molecule has 0 aliphatic carbocycles. The number of ether oxygens (including phenoxy) is 1. The number of rotatable bonds is 2. The molecule has 0 N–H and O–H groups in total. The van der Waals surface area contributed by atoms with E-state index in [0.717, 1.165) is 10.4 Å². The van der Waals surface area contributed by atoms with Crippen LogP contribution in [-0.4, -0.2) is 5.97 Å². The van der Waals surface area contributed by atoms with E-state index in [1.165, 1.54) is 0 Å². The molecule has 1 aromatic heterocycles. The van der Waals surface area contributed by atoms with Crippen molar-refractivity contribution in [3.8, 4) is 0 Å². The molecule has 2 nitrogen and oxygen atoms in total. The van der Waals surface area contributed by atoms with Crippen molar-refractivity contribution in [2.24, 2.45) is 0 Å². The van der Waals surface area contributed by atoms with Crippen molar-refractivity contribution in [3.63, 3.8) is 0 Å². The third kappa shape index (κ3) is 1.77. The van der Waals surface area contributed by atoms with Crippen LogP contribution in [0.4, 0.5) is 0 Å². The van der Waals surface area contributed by atoms with Gasteiger partial charge in [0.1, 0.15) is 6.10 Å². The summed E-state index contributed by atoms with van der Waals surface area (Å²) in [5, 5.41) is 1.99. The van der Waals surface area contributed by atoms with E-state index in [0.29, 0.717) is 5.57 Å². The maximum Gasteiger partial charge on any atom is 0.334 e. The van der Waals surface area contributed by atoms with Crippen LogP contribution in [0.2, 0.25) is 0 Å². The van der Waals surface area contributed by atoms with Crippen LogP contribution in [0.5, 0.6) is 0 Å². The summed E-state index contributed by atoms with van der Waals surface area (Å²) >= 11 is 1.60. The van der Waals surface area contributed by atoms with Crippen molar-refractivity contribution in [1.29, 1.82) is 0 Å². The standard InChI is InChI=1S/C15H12O2S/c1-10-13(11-6-3-2-4-7-11)14(17-15(10)16)12-8-5-9-18-12/h2-9,13-14H,1H2/t13-,14+/m0/s1. The van der Waals surface area contributed by atoms with Crippen molar-refractivity contribution >= 4 is 17.3 Å². The Hall–Kier alpha value is -1.87. The summed E-state index contributed by atoms with van der Waals surface area (Å²) in [6.07, 6.45) is -0.229. The Morgan fingerprint density at radius 2 is 1.89 bits per heavy atom. The lowest BCUT2D eigenvalue weighted by Crippen LogP contribution is -2.05. The molecular weight excluding hydrogens is 244 g/mol. The Labute approximate surface area is 110 Å². The van der Waals surface area contributed by atoms with E-state index < -0.39 is 0 Å². The molecule has 0 amide bonds. The molecule has 1 aromatic carbocycles. The highest BCUT2D eigenvalue weighted by atomic mass is 32.1. The Morgan fingerprint density at radius 3 is 2.56 bits per heavy atom. The minimum Gasteiger partial charge on any atom is -0.452 e. The van der Waals surface area contributed by atoms with Gasteiger partial charge in [0, 0.05) is 10.5 Å². The molecule has 1 aliphatic rings. The number of carbonyl (C=O) groups is 1. The summed E-state index contributed by atoms with van der Waals surface area (Å²) in [5.74, 6) is -0.361. The van der Waals surface area contributed by atoms with Gasteiger partial charge in [-0.05, 0) is 17.0 Å². The number of carbonyl (C=O) groups excluding carboxylic acids is 1. The molecule has 1 fully saturated rings. The highest BCUT2D eigenvalue weighted by Gasteiger charge is 2.40. The minimum absolute atomic E-state index is 0.0719. The zero-order chi connectivity index (χ0) is 12.5. The molecule has 0 bridgehead atoms. The molecule has 2 aromatic rings. The Morgan fingerprint density at radius 1 is 1.11 bits per heavy atom. The predicted octanol–water partition coefficient (Wildman–Crippen LogP) is 3.69. The van der Waals surface area contributed by atoms with Gasteiger partial charge in [-0.3, -0.25) is 0 Å². The summed E-state index contributed by atoms with van der Waals surface area (Å²) < 4.78 is 5.46. The number of cyclic esters (lactones) is 1. The first-order valence-corrected chi connectivity index (χ1v) is 6.63. The molecule has 2 atom stereocenters. The number of hydrogen-bond donors (Lipinski definition) is 0. The summed E-state index contributed by atoms with van der Waals surface area (Å²) in [5.41, 5.74) is 1.62. The fourth-order valence-electron chi connectivity index (χ4n) is 2.28. The van der Waals surface area contributed by atoms with Crippen LogP contribution in [0.25, 0.3) is 0 Å². The molecule has 0 saturated carbocycles. The Bertz CT molecular complexity index is 572. The Balaban J connectivity index is 2.04. The van der Waals surface area contributed by atoms with Gasteiger partial charge in [-0.2, -0.15) is 0 Å². The van der Waals surface area contributed by atoms with E-state index in [4.69, 9.17) is 4.74 Å². The SMILES string of the molecule is C=C1C(=O)O[C@H](c2cccs2)[C@@H]1c1ccccc1. The second-order valence-electron chi connectivity index (χ2n) is 4.25. The van der Waals surface area contributed by atoms with Crippen LogP contribution < -0.4 is 0 Å². The molecular formula is C15H12O2S. The van der Waals surface area contributed by atoms with E-state index in [-0.39, 0.29) is 18.0 Å². The largest absolute Gasteiger partial charge is 0.452 e. The van der Waals surface area contributed by atoms with Crippen molar-refractivity contribution < 1.29 is 9.53 Å². The van der Waals surface area contributed by atoms with Gasteiger partial charge < -0.3 is 4.74 Å². The average molecular weight is 256 g/mol. The quantitative estimate of drug-likeness (QED) is 0.605. The summed E-state index contributed by atoms with van der Waals surface area (Å²) in [6.45, 7) is 3.88. The zero-order valence-electron chi connectivity index (χ0n) is 9.71. The second kappa shape index (κ2) is 4.42. The number of thiophene rings is 1. The van der Waals surface area contributed by atoms with Crippen LogP contribution in [0.1, 0.15) is 22.5 Å². The molecule has 90 valence electrons. The Kier molecular flexibility index (Phi) is 2.76. The highest BCUT2D eigenvalue weighted by molar-refractivity contribution is 7.10. The molecule has 18 heavy (non-hydrogen) atoms. The van der Waals surface area contributed by atoms with Gasteiger partial charge in [0.25, 0.3) is 0 Å². The first-order valence-electron chi connectivity index (χ1n) is 5.75. The van der Waals surface area contributed by atoms with Gasteiger partial charge in [0.2, 0.25) is 0 Å². The van der Waals surface area contributed by atoms with Crippen LogP contribution in [-0.2, 0) is 9.53 Å². The van der Waals surface area contributed by atoms with Crippen molar-refractivity contribution in [2.45, 2.75) is 12.0 Å². The smallest absolute Gasteiger partial charge is 0.334 e. The third-order valence-electron chi connectivity index (χ3n) is 3.16. The highest BCUT2D eigenvalue weighted by Crippen LogP contribution is 2.46. The van der Waals surface area contributed by atoms with Gasteiger partial charge in [0.15, 0.2) is 0 Å². The van der Waals surface area contributed by atoms with E-state index in [9.17, 15) is 4.79 Å². The second-order valence-corrected chi connectivity index (χ2v) is 5.23. The van der Waals surface area contributed by atoms with Gasteiger partial charge in [-0.15, -0.1) is 11.3 Å². The monoisotopic (exact) mass is 256 g/mol. The van der Waals surface area contributed by atoms with Gasteiger partial charge in [-0.25, -0.2) is 4.79 Å². The topological polar surface area (TPSA) is 26.3 Å². The normalized spacial score (nSPS) is 23.1. The van der Waals surface area contributed by atoms with E-state index in [1.807, 2.05) is 47.8 Å². The molecule has 0 radical (unpaired) electrons. The molecule has 1 saturated heterocycles. The maximum absolute atomic E-state index is 11.7. The zero-order valence-corrected chi connectivity index (χ0v) is 10.5. The minimum atomic E-state index is -0.290. The lowest BCUT2D eigenvalue weighted by Gasteiger charge is -2.16. The van der Waals surface area contributed by atoms with Crippen molar-refractivity contribution in [2.75, 3.05) is 0 Å². The lowest BCUT2D eigenvalue weighted by atomic mass is 9.89. The third-order valence-corrected chi connectivity index (χ3v) is 4.09. The number of benzene rings is 1.